The molecule has 0 aliphatic carbocycles. The summed E-state index contributed by atoms with van der Waals surface area (Å²) in [5.74, 6) is 2.50. The molecule has 4 nitrogen and oxygen atoms in total. The van der Waals surface area contributed by atoms with E-state index >= 15 is 0 Å². The highest BCUT2D eigenvalue weighted by molar-refractivity contribution is 5.91. The molecule has 4 heteroatoms. The van der Waals surface area contributed by atoms with Crippen molar-refractivity contribution in [2.24, 2.45) is 0 Å². The Balaban J connectivity index is 2.62. The number of ether oxygens (including phenoxy) is 2. The summed E-state index contributed by atoms with van der Waals surface area (Å²) in [5, 5.41) is 0. The van der Waals surface area contributed by atoms with Crippen LogP contribution in [0.2, 0.25) is 0 Å². The summed E-state index contributed by atoms with van der Waals surface area (Å²) in [5.41, 5.74) is 0. The van der Waals surface area contributed by atoms with Gasteiger partial charge in [-0.1, -0.05) is 12.8 Å². The van der Waals surface area contributed by atoms with E-state index in [2.05, 4.69) is 5.92 Å². The first-order chi connectivity index (χ1) is 7.29. The molecule has 0 aromatic heterocycles. The first-order valence-electron chi connectivity index (χ1n) is 4.97. The fourth-order valence-electron chi connectivity index (χ4n) is 1.27. The van der Waals surface area contributed by atoms with Crippen LogP contribution < -0.4 is 0 Å². The van der Waals surface area contributed by atoms with Crippen LogP contribution in [0.25, 0.3) is 0 Å². The average Bonchev–Trinajstić information content (AvgIpc) is 2.29. The molecule has 0 atom stereocenters. The van der Waals surface area contributed by atoms with Crippen molar-refractivity contribution in [2.75, 3.05) is 26.3 Å². The Kier molecular flexibility index (Phi) is 4.55. The predicted molar refractivity (Wildman–Crippen MR) is 55.7 cm³/mol. The van der Waals surface area contributed by atoms with Crippen LogP contribution in [-0.4, -0.2) is 37.1 Å². The van der Waals surface area contributed by atoms with Gasteiger partial charge in [0.05, 0.1) is 6.54 Å². The molecule has 1 aliphatic rings. The normalized spacial score (nSPS) is 14.3. The van der Waals surface area contributed by atoms with Crippen molar-refractivity contribution in [3.63, 3.8) is 0 Å². The fraction of sp³-hybridized carbons (Fsp3) is 0.545. The molecule has 0 saturated carbocycles. The number of hydrogen-bond acceptors (Lipinski definition) is 3. The maximum Gasteiger partial charge on any atom is 0.292 e. The van der Waals surface area contributed by atoms with E-state index in [-0.39, 0.29) is 11.7 Å². The first kappa shape index (κ1) is 11.4. The van der Waals surface area contributed by atoms with Gasteiger partial charge < -0.3 is 14.4 Å². The van der Waals surface area contributed by atoms with Crippen LogP contribution in [-0.2, 0) is 14.3 Å². The van der Waals surface area contributed by atoms with E-state index in [1.54, 1.807) is 4.90 Å². The van der Waals surface area contributed by atoms with Crippen molar-refractivity contribution in [1.82, 2.24) is 4.90 Å². The molecule has 0 bridgehead atoms. The molecule has 15 heavy (non-hydrogen) atoms. The number of terminal acetylenes is 1. The van der Waals surface area contributed by atoms with E-state index in [0.717, 1.165) is 6.42 Å². The van der Waals surface area contributed by atoms with Crippen molar-refractivity contribution in [3.8, 4) is 12.3 Å². The van der Waals surface area contributed by atoms with Gasteiger partial charge in [0.25, 0.3) is 5.91 Å². The molecule has 1 amide bonds. The van der Waals surface area contributed by atoms with Gasteiger partial charge in [0.1, 0.15) is 19.5 Å². The second-order valence-corrected chi connectivity index (χ2v) is 3.13. The highest BCUT2D eigenvalue weighted by atomic mass is 16.6. The van der Waals surface area contributed by atoms with Crippen molar-refractivity contribution in [1.29, 1.82) is 0 Å². The standard InChI is InChI=1S/C11H15NO3/c1-3-5-12(6-4-2)11(13)10-9-14-7-8-15-10/h1,9H,4-8H2,2H3. The third-order valence-electron chi connectivity index (χ3n) is 1.92. The molecule has 0 aromatic carbocycles. The van der Waals surface area contributed by atoms with Gasteiger partial charge in [0.15, 0.2) is 0 Å². The molecule has 82 valence electrons. The second kappa shape index (κ2) is 5.97. The molecule has 0 unspecified atom stereocenters. The zero-order valence-corrected chi connectivity index (χ0v) is 8.86. The highest BCUT2D eigenvalue weighted by Gasteiger charge is 2.20. The van der Waals surface area contributed by atoms with Crippen LogP contribution in [0.1, 0.15) is 13.3 Å². The molecule has 0 spiro atoms. The van der Waals surface area contributed by atoms with E-state index in [4.69, 9.17) is 15.9 Å². The smallest absolute Gasteiger partial charge is 0.292 e. The zero-order chi connectivity index (χ0) is 11.1. The van der Waals surface area contributed by atoms with E-state index in [1.165, 1.54) is 6.26 Å². The molecule has 1 aliphatic heterocycles. The molecule has 1 heterocycles. The molecule has 1 rings (SSSR count). The summed E-state index contributed by atoms with van der Waals surface area (Å²) in [6, 6.07) is 0. The lowest BCUT2D eigenvalue weighted by molar-refractivity contribution is -0.131. The third kappa shape index (κ3) is 3.21. The number of nitrogens with zero attached hydrogens (tertiary/aromatic N) is 1. The Hall–Kier alpha value is -1.63. The van der Waals surface area contributed by atoms with Gasteiger partial charge in [-0.2, -0.15) is 0 Å². The molecule has 0 radical (unpaired) electrons. The molecular formula is C11H15NO3. The molecule has 0 N–H and O–H groups in total. The second-order valence-electron chi connectivity index (χ2n) is 3.13. The van der Waals surface area contributed by atoms with E-state index in [0.29, 0.717) is 26.3 Å². The van der Waals surface area contributed by atoms with Crippen molar-refractivity contribution < 1.29 is 14.3 Å². The van der Waals surface area contributed by atoms with Crippen molar-refractivity contribution >= 4 is 5.91 Å². The monoisotopic (exact) mass is 209 g/mol. The highest BCUT2D eigenvalue weighted by Crippen LogP contribution is 2.08. The number of rotatable bonds is 4. The van der Waals surface area contributed by atoms with Crippen LogP contribution >= 0.6 is 0 Å². The minimum absolute atomic E-state index is 0.200. The van der Waals surface area contributed by atoms with Crippen LogP contribution in [0.3, 0.4) is 0 Å². The quantitative estimate of drug-likeness (QED) is 0.641. The van der Waals surface area contributed by atoms with Gasteiger partial charge in [0.2, 0.25) is 5.76 Å². The van der Waals surface area contributed by atoms with Crippen LogP contribution in [0.15, 0.2) is 12.0 Å². The lowest BCUT2D eigenvalue weighted by atomic mass is 10.3. The number of carbonyl (C=O) groups excluding carboxylic acids is 1. The molecule has 0 saturated heterocycles. The van der Waals surface area contributed by atoms with Crippen molar-refractivity contribution in [3.05, 3.63) is 12.0 Å². The van der Waals surface area contributed by atoms with Crippen LogP contribution in [0, 0.1) is 12.3 Å². The Morgan fingerprint density at radius 3 is 3.00 bits per heavy atom. The van der Waals surface area contributed by atoms with E-state index in [9.17, 15) is 4.79 Å². The largest absolute Gasteiger partial charge is 0.494 e. The number of carbonyl (C=O) groups is 1. The molecule has 0 fully saturated rings. The van der Waals surface area contributed by atoms with Crippen LogP contribution in [0.4, 0.5) is 0 Å². The number of hydrogen-bond donors (Lipinski definition) is 0. The Morgan fingerprint density at radius 2 is 2.47 bits per heavy atom. The third-order valence-corrected chi connectivity index (χ3v) is 1.92. The maximum atomic E-state index is 11.8. The summed E-state index contributed by atoms with van der Waals surface area (Å²) >= 11 is 0. The molecule has 0 aromatic rings. The summed E-state index contributed by atoms with van der Waals surface area (Å²) in [6.07, 6.45) is 7.41. The maximum absolute atomic E-state index is 11.8. The average molecular weight is 209 g/mol. The Labute approximate surface area is 89.8 Å². The Bertz CT molecular complexity index is 291. The fourth-order valence-corrected chi connectivity index (χ4v) is 1.27. The molecular weight excluding hydrogens is 194 g/mol. The minimum Gasteiger partial charge on any atom is -0.494 e. The Morgan fingerprint density at radius 1 is 1.67 bits per heavy atom. The summed E-state index contributed by atoms with van der Waals surface area (Å²) in [7, 11) is 0. The zero-order valence-electron chi connectivity index (χ0n) is 8.86. The predicted octanol–water partition coefficient (Wildman–Crippen LogP) is 0.746. The summed E-state index contributed by atoms with van der Waals surface area (Å²) in [6.45, 7) is 3.81. The first-order valence-corrected chi connectivity index (χ1v) is 4.97. The summed E-state index contributed by atoms with van der Waals surface area (Å²) in [4.78, 5) is 13.4. The van der Waals surface area contributed by atoms with E-state index in [1.807, 2.05) is 6.92 Å². The topological polar surface area (TPSA) is 38.8 Å². The lowest BCUT2D eigenvalue weighted by Crippen LogP contribution is -2.35. The van der Waals surface area contributed by atoms with Gasteiger partial charge in [-0.3, -0.25) is 4.79 Å². The van der Waals surface area contributed by atoms with Gasteiger partial charge >= 0.3 is 0 Å². The van der Waals surface area contributed by atoms with Crippen molar-refractivity contribution in [2.45, 2.75) is 13.3 Å². The SMILES string of the molecule is C#CCN(CCC)C(=O)C1=COCCO1. The van der Waals surface area contributed by atoms with Gasteiger partial charge in [-0.25, -0.2) is 0 Å². The lowest BCUT2D eigenvalue weighted by Gasteiger charge is -2.22. The van der Waals surface area contributed by atoms with Gasteiger partial charge in [-0.15, -0.1) is 6.42 Å². The minimum atomic E-state index is -0.200. The number of amides is 1. The van der Waals surface area contributed by atoms with Gasteiger partial charge in [-0.05, 0) is 6.42 Å². The van der Waals surface area contributed by atoms with Crippen LogP contribution in [0.5, 0.6) is 0 Å². The van der Waals surface area contributed by atoms with Gasteiger partial charge in [0, 0.05) is 6.54 Å². The summed E-state index contributed by atoms with van der Waals surface area (Å²) < 4.78 is 10.2. The van der Waals surface area contributed by atoms with E-state index < -0.39 is 0 Å².